The average molecular weight is 337 g/mol. The smallest absolute Gasteiger partial charge is 0.319 e. The van der Waals surface area contributed by atoms with Crippen molar-refractivity contribution >= 4 is 29.2 Å². The third-order valence-electron chi connectivity index (χ3n) is 3.94. The maximum atomic E-state index is 12.0. The molecule has 0 radical (unpaired) electrons. The summed E-state index contributed by atoms with van der Waals surface area (Å²) in [7, 11) is 1.66. The first kappa shape index (κ1) is 17.9. The molecule has 1 aromatic carbocycles. The van der Waals surface area contributed by atoms with Gasteiger partial charge in [-0.15, -0.1) is 0 Å². The maximum absolute atomic E-state index is 12.0. The Morgan fingerprint density at radius 2 is 2.13 bits per heavy atom. The summed E-state index contributed by atoms with van der Waals surface area (Å²) in [5.41, 5.74) is 3.29. The number of thioether (sulfide) groups is 1. The number of nitrogens with zero attached hydrogens (tertiary/aromatic N) is 1. The summed E-state index contributed by atoms with van der Waals surface area (Å²) in [5.74, 6) is 2.36. The molecular formula is C17H27N3O2S. The lowest BCUT2D eigenvalue weighted by Gasteiger charge is -2.30. The van der Waals surface area contributed by atoms with Crippen molar-refractivity contribution in [1.82, 2.24) is 5.32 Å². The number of carbonyl (C=O) groups is 1. The van der Waals surface area contributed by atoms with Gasteiger partial charge >= 0.3 is 6.03 Å². The lowest BCUT2D eigenvalue weighted by Crippen LogP contribution is -2.36. The molecule has 5 nitrogen and oxygen atoms in total. The summed E-state index contributed by atoms with van der Waals surface area (Å²) in [6, 6.07) is 6.03. The van der Waals surface area contributed by atoms with Crippen LogP contribution in [0.1, 0.15) is 18.9 Å². The number of rotatable bonds is 6. The van der Waals surface area contributed by atoms with Crippen LogP contribution in [0.2, 0.25) is 0 Å². The molecule has 2 N–H and O–H groups in total. The van der Waals surface area contributed by atoms with E-state index in [1.165, 1.54) is 22.8 Å². The zero-order valence-electron chi connectivity index (χ0n) is 14.2. The Hall–Kier alpha value is -1.40. The van der Waals surface area contributed by atoms with Gasteiger partial charge in [-0.3, -0.25) is 0 Å². The quantitative estimate of drug-likeness (QED) is 0.837. The second-order valence-corrected chi connectivity index (χ2v) is 7.11. The van der Waals surface area contributed by atoms with Gasteiger partial charge in [-0.2, -0.15) is 11.8 Å². The molecule has 1 aromatic rings. The zero-order chi connectivity index (χ0) is 16.7. The minimum Gasteiger partial charge on any atom is -0.385 e. The molecule has 2 amide bonds. The Bertz CT molecular complexity index is 519. The van der Waals surface area contributed by atoms with Crippen molar-refractivity contribution < 1.29 is 9.53 Å². The molecule has 1 aliphatic rings. The van der Waals surface area contributed by atoms with Crippen LogP contribution >= 0.6 is 11.8 Å². The van der Waals surface area contributed by atoms with Gasteiger partial charge in [0.05, 0.1) is 0 Å². The molecule has 1 atom stereocenters. The van der Waals surface area contributed by atoms with Crippen LogP contribution < -0.4 is 15.5 Å². The summed E-state index contributed by atoms with van der Waals surface area (Å²) in [5, 5.41) is 5.82. The molecule has 1 aliphatic heterocycles. The number of aryl methyl sites for hydroxylation is 1. The van der Waals surface area contributed by atoms with E-state index in [1.807, 2.05) is 30.8 Å². The van der Waals surface area contributed by atoms with Gasteiger partial charge in [0.2, 0.25) is 0 Å². The van der Waals surface area contributed by atoms with Gasteiger partial charge in [-0.25, -0.2) is 4.79 Å². The number of methoxy groups -OCH3 is 1. The lowest BCUT2D eigenvalue weighted by atomic mass is 10.1. The summed E-state index contributed by atoms with van der Waals surface area (Å²) in [4.78, 5) is 14.4. The van der Waals surface area contributed by atoms with Crippen molar-refractivity contribution in [2.24, 2.45) is 0 Å². The molecule has 2 rings (SSSR count). The van der Waals surface area contributed by atoms with Crippen molar-refractivity contribution in [3.8, 4) is 0 Å². The largest absolute Gasteiger partial charge is 0.385 e. The van der Waals surface area contributed by atoms with Gasteiger partial charge in [0.25, 0.3) is 0 Å². The first-order valence-electron chi connectivity index (χ1n) is 8.10. The highest BCUT2D eigenvalue weighted by molar-refractivity contribution is 7.99. The number of hydrogen-bond acceptors (Lipinski definition) is 4. The fourth-order valence-corrected chi connectivity index (χ4v) is 3.55. The summed E-state index contributed by atoms with van der Waals surface area (Å²) < 4.78 is 5.02. The SMILES string of the molecule is COCC[C@@H](C)NC(=O)Nc1ccc(N2CCSCC2)c(C)c1. The number of benzene rings is 1. The molecular weight excluding hydrogens is 310 g/mol. The fraction of sp³-hybridized carbons (Fsp3) is 0.588. The molecule has 0 saturated carbocycles. The van der Waals surface area contributed by atoms with Crippen molar-refractivity contribution in [2.75, 3.05) is 48.5 Å². The standard InChI is InChI=1S/C17H27N3O2S/c1-13-12-15(19-17(21)18-14(2)6-9-22-3)4-5-16(13)20-7-10-23-11-8-20/h4-5,12,14H,6-11H2,1-3H3,(H2,18,19,21)/t14-/m1/s1. The first-order chi connectivity index (χ1) is 11.1. The minimum atomic E-state index is -0.171. The predicted molar refractivity (Wildman–Crippen MR) is 98.8 cm³/mol. The maximum Gasteiger partial charge on any atom is 0.319 e. The van der Waals surface area contributed by atoms with Crippen LogP contribution in [0.5, 0.6) is 0 Å². The van der Waals surface area contributed by atoms with Crippen molar-refractivity contribution in [3.05, 3.63) is 23.8 Å². The van der Waals surface area contributed by atoms with Gasteiger partial charge in [0.1, 0.15) is 0 Å². The summed E-state index contributed by atoms with van der Waals surface area (Å²) in [6.07, 6.45) is 0.800. The van der Waals surface area contributed by atoms with Gasteiger partial charge in [0.15, 0.2) is 0 Å². The van der Waals surface area contributed by atoms with Gasteiger partial charge in [0, 0.05) is 55.7 Å². The Balaban J connectivity index is 1.90. The molecule has 6 heteroatoms. The van der Waals surface area contributed by atoms with E-state index in [4.69, 9.17) is 4.74 Å². The molecule has 0 unspecified atom stereocenters. The van der Waals surface area contributed by atoms with Crippen molar-refractivity contribution in [3.63, 3.8) is 0 Å². The Morgan fingerprint density at radius 1 is 1.39 bits per heavy atom. The van der Waals surface area contributed by atoms with E-state index in [2.05, 4.69) is 28.5 Å². The number of urea groups is 1. The lowest BCUT2D eigenvalue weighted by molar-refractivity contribution is 0.185. The van der Waals surface area contributed by atoms with E-state index < -0.39 is 0 Å². The van der Waals surface area contributed by atoms with Crippen LogP contribution in [0.4, 0.5) is 16.2 Å². The number of hydrogen-bond donors (Lipinski definition) is 2. The normalized spacial score (nSPS) is 16.0. The number of nitrogens with one attached hydrogen (secondary N) is 2. The average Bonchev–Trinajstić information content (AvgIpc) is 2.53. The van der Waals surface area contributed by atoms with Crippen molar-refractivity contribution in [1.29, 1.82) is 0 Å². The molecule has 1 saturated heterocycles. The highest BCUT2D eigenvalue weighted by Gasteiger charge is 2.14. The molecule has 1 heterocycles. The van der Waals surface area contributed by atoms with E-state index in [1.54, 1.807) is 7.11 Å². The van der Waals surface area contributed by atoms with Crippen LogP contribution in [-0.2, 0) is 4.74 Å². The highest BCUT2D eigenvalue weighted by Crippen LogP contribution is 2.26. The fourth-order valence-electron chi connectivity index (χ4n) is 2.65. The second-order valence-electron chi connectivity index (χ2n) is 5.88. The second kappa shape index (κ2) is 9.03. The number of ether oxygens (including phenoxy) is 1. The third kappa shape index (κ3) is 5.62. The summed E-state index contributed by atoms with van der Waals surface area (Å²) in [6.45, 7) is 6.90. The van der Waals surface area contributed by atoms with Crippen LogP contribution in [0.15, 0.2) is 18.2 Å². The number of carbonyl (C=O) groups excluding carboxylic acids is 1. The van der Waals surface area contributed by atoms with E-state index in [9.17, 15) is 4.79 Å². The zero-order valence-corrected chi connectivity index (χ0v) is 15.0. The number of anilines is 2. The Kier molecular flexibility index (Phi) is 7.05. The molecule has 0 aliphatic carbocycles. The third-order valence-corrected chi connectivity index (χ3v) is 4.88. The van der Waals surface area contributed by atoms with Crippen LogP contribution in [-0.4, -0.2) is 50.4 Å². The molecule has 0 spiro atoms. The van der Waals surface area contributed by atoms with Gasteiger partial charge < -0.3 is 20.3 Å². The van der Waals surface area contributed by atoms with Crippen LogP contribution in [0, 0.1) is 6.92 Å². The highest BCUT2D eigenvalue weighted by atomic mass is 32.2. The topological polar surface area (TPSA) is 53.6 Å². The Morgan fingerprint density at radius 3 is 2.78 bits per heavy atom. The van der Waals surface area contributed by atoms with E-state index >= 15 is 0 Å². The molecule has 0 bridgehead atoms. The van der Waals surface area contributed by atoms with Crippen LogP contribution in [0.25, 0.3) is 0 Å². The van der Waals surface area contributed by atoms with E-state index in [0.29, 0.717) is 6.61 Å². The monoisotopic (exact) mass is 337 g/mol. The van der Waals surface area contributed by atoms with Crippen molar-refractivity contribution in [2.45, 2.75) is 26.3 Å². The van der Waals surface area contributed by atoms with Gasteiger partial charge in [-0.05, 0) is 44.0 Å². The minimum absolute atomic E-state index is 0.0844. The molecule has 23 heavy (non-hydrogen) atoms. The molecule has 0 aromatic heterocycles. The van der Waals surface area contributed by atoms with Crippen LogP contribution in [0.3, 0.4) is 0 Å². The first-order valence-corrected chi connectivity index (χ1v) is 9.25. The van der Waals surface area contributed by atoms with Gasteiger partial charge in [-0.1, -0.05) is 0 Å². The molecule has 1 fully saturated rings. The van der Waals surface area contributed by atoms with E-state index in [0.717, 1.165) is 25.2 Å². The number of amides is 2. The Labute approximate surface area is 143 Å². The van der Waals surface area contributed by atoms with E-state index in [-0.39, 0.29) is 12.1 Å². The summed E-state index contributed by atoms with van der Waals surface area (Å²) >= 11 is 2.01. The molecule has 128 valence electrons. The predicted octanol–water partition coefficient (Wildman–Crippen LogP) is 3.09.